The van der Waals surface area contributed by atoms with Crippen molar-refractivity contribution < 1.29 is 14.6 Å². The van der Waals surface area contributed by atoms with Gasteiger partial charge >= 0.3 is 0 Å². The highest BCUT2D eigenvalue weighted by atomic mass is 32.1. The first-order chi connectivity index (χ1) is 11.6. The number of carbonyl (C=O) groups is 1. The van der Waals surface area contributed by atoms with Crippen molar-refractivity contribution in [3.63, 3.8) is 0 Å². The van der Waals surface area contributed by atoms with Crippen molar-refractivity contribution >= 4 is 27.5 Å². The number of thiazole rings is 1. The van der Waals surface area contributed by atoms with E-state index in [1.807, 2.05) is 36.1 Å². The van der Waals surface area contributed by atoms with Crippen LogP contribution in [-0.4, -0.2) is 52.8 Å². The minimum atomic E-state index is -0.297. The van der Waals surface area contributed by atoms with Crippen LogP contribution in [0.1, 0.15) is 36.0 Å². The number of carbonyl (C=O) groups excluding carboxylic acids is 1. The lowest BCUT2D eigenvalue weighted by Gasteiger charge is -2.56. The summed E-state index contributed by atoms with van der Waals surface area (Å²) >= 11 is 1.45. The summed E-state index contributed by atoms with van der Waals surface area (Å²) in [6.45, 7) is 3.99. The van der Waals surface area contributed by atoms with Crippen LogP contribution < -0.4 is 0 Å². The van der Waals surface area contributed by atoms with Gasteiger partial charge in [-0.15, -0.1) is 11.3 Å². The van der Waals surface area contributed by atoms with E-state index in [1.165, 1.54) is 11.3 Å². The standard InChI is InChI=1S/C18H22N2O3S/c1-2-23-15-11-14(21)18(15)7-9-20(10-8-18)17(22)16-19-12-5-3-4-6-13(12)24-16/h3-6,14-15,21H,2,7-11H2,1H3. The summed E-state index contributed by atoms with van der Waals surface area (Å²) in [7, 11) is 0. The van der Waals surface area contributed by atoms with Crippen LogP contribution in [0.15, 0.2) is 24.3 Å². The first-order valence-electron chi connectivity index (χ1n) is 8.58. The first kappa shape index (κ1) is 16.0. The maximum atomic E-state index is 12.8. The van der Waals surface area contributed by atoms with Crippen molar-refractivity contribution in [1.82, 2.24) is 9.88 Å². The number of aliphatic hydroxyl groups is 1. The third-order valence-corrected chi connectivity index (χ3v) is 6.59. The van der Waals surface area contributed by atoms with E-state index in [0.29, 0.717) is 24.7 Å². The van der Waals surface area contributed by atoms with Crippen LogP contribution in [0.5, 0.6) is 0 Å². The predicted molar refractivity (Wildman–Crippen MR) is 93.2 cm³/mol. The van der Waals surface area contributed by atoms with Gasteiger partial charge in [0.1, 0.15) is 0 Å². The van der Waals surface area contributed by atoms with Gasteiger partial charge in [0.25, 0.3) is 5.91 Å². The number of aliphatic hydroxyl groups excluding tert-OH is 1. The lowest BCUT2D eigenvalue weighted by molar-refractivity contribution is -0.207. The fourth-order valence-electron chi connectivity index (χ4n) is 4.04. The molecule has 1 saturated heterocycles. The van der Waals surface area contributed by atoms with Crippen molar-refractivity contribution in [2.45, 2.75) is 38.4 Å². The molecular weight excluding hydrogens is 324 g/mol. The Kier molecular flexibility index (Phi) is 4.06. The van der Waals surface area contributed by atoms with Gasteiger partial charge < -0.3 is 14.7 Å². The summed E-state index contributed by atoms with van der Waals surface area (Å²) in [6, 6.07) is 7.83. The van der Waals surface area contributed by atoms with Gasteiger partial charge in [-0.05, 0) is 31.9 Å². The molecule has 2 unspecified atom stereocenters. The highest BCUT2D eigenvalue weighted by Crippen LogP contribution is 2.51. The predicted octanol–water partition coefficient (Wildman–Crippen LogP) is 2.69. The molecule has 128 valence electrons. The summed E-state index contributed by atoms with van der Waals surface area (Å²) in [5.41, 5.74) is 0.727. The lowest BCUT2D eigenvalue weighted by Crippen LogP contribution is -2.62. The summed E-state index contributed by atoms with van der Waals surface area (Å²) in [5, 5.41) is 10.8. The molecular formula is C18H22N2O3S. The molecule has 2 aromatic rings. The van der Waals surface area contributed by atoms with E-state index in [1.54, 1.807) is 0 Å². The molecule has 1 amide bonds. The van der Waals surface area contributed by atoms with Gasteiger partial charge in [-0.2, -0.15) is 0 Å². The molecule has 0 bridgehead atoms. The number of hydrogen-bond donors (Lipinski definition) is 1. The molecule has 1 spiro atoms. The number of aromatic nitrogens is 1. The average Bonchev–Trinajstić information content (AvgIpc) is 3.05. The highest BCUT2D eigenvalue weighted by molar-refractivity contribution is 7.20. The molecule has 24 heavy (non-hydrogen) atoms. The van der Waals surface area contributed by atoms with Crippen molar-refractivity contribution in [3.8, 4) is 0 Å². The highest BCUT2D eigenvalue weighted by Gasteiger charge is 2.56. The van der Waals surface area contributed by atoms with Crippen LogP contribution in [0, 0.1) is 5.41 Å². The summed E-state index contributed by atoms with van der Waals surface area (Å²) in [5.74, 6) is 0.00724. The zero-order valence-electron chi connectivity index (χ0n) is 13.8. The Hall–Kier alpha value is -1.50. The molecule has 1 aliphatic carbocycles. The third kappa shape index (κ3) is 2.44. The van der Waals surface area contributed by atoms with Crippen LogP contribution in [0.3, 0.4) is 0 Å². The average molecular weight is 346 g/mol. The Morgan fingerprint density at radius 2 is 2.17 bits per heavy atom. The Morgan fingerprint density at radius 3 is 2.83 bits per heavy atom. The molecule has 5 nitrogen and oxygen atoms in total. The second-order valence-electron chi connectivity index (χ2n) is 6.71. The second kappa shape index (κ2) is 6.10. The van der Waals surface area contributed by atoms with Crippen LogP contribution in [0.2, 0.25) is 0 Å². The first-order valence-corrected chi connectivity index (χ1v) is 9.40. The van der Waals surface area contributed by atoms with Crippen LogP contribution in [0.4, 0.5) is 0 Å². The van der Waals surface area contributed by atoms with E-state index in [2.05, 4.69) is 4.98 Å². The third-order valence-electron chi connectivity index (χ3n) is 5.57. The molecule has 2 atom stereocenters. The Morgan fingerprint density at radius 1 is 1.42 bits per heavy atom. The summed E-state index contributed by atoms with van der Waals surface area (Å²) in [4.78, 5) is 19.1. The molecule has 2 fully saturated rings. The van der Waals surface area contributed by atoms with Gasteiger partial charge in [-0.25, -0.2) is 4.98 Å². The maximum absolute atomic E-state index is 12.8. The molecule has 4 rings (SSSR count). The normalized spacial score (nSPS) is 25.8. The monoisotopic (exact) mass is 346 g/mol. The van der Waals surface area contributed by atoms with Gasteiger partial charge in [0.15, 0.2) is 5.01 Å². The molecule has 6 heteroatoms. The van der Waals surface area contributed by atoms with Gasteiger partial charge in [-0.3, -0.25) is 4.79 Å². The maximum Gasteiger partial charge on any atom is 0.282 e. The van der Waals surface area contributed by atoms with Crippen LogP contribution in [-0.2, 0) is 4.74 Å². The number of para-hydroxylation sites is 1. The fourth-order valence-corrected chi connectivity index (χ4v) is 4.98. The molecule has 1 N–H and O–H groups in total. The number of likely N-dealkylation sites (tertiary alicyclic amines) is 1. The van der Waals surface area contributed by atoms with Gasteiger partial charge in [0.05, 0.1) is 22.4 Å². The van der Waals surface area contributed by atoms with Crippen LogP contribution >= 0.6 is 11.3 Å². The number of fused-ring (bicyclic) bond motifs is 1. The molecule has 1 aromatic carbocycles. The number of ether oxygens (including phenoxy) is 1. The van der Waals surface area contributed by atoms with Crippen molar-refractivity contribution in [3.05, 3.63) is 29.3 Å². The molecule has 1 aromatic heterocycles. The number of hydrogen-bond acceptors (Lipinski definition) is 5. The van der Waals surface area contributed by atoms with E-state index in [0.717, 1.165) is 29.5 Å². The Bertz CT molecular complexity index is 717. The van der Waals surface area contributed by atoms with Crippen molar-refractivity contribution in [1.29, 1.82) is 0 Å². The van der Waals surface area contributed by atoms with Gasteiger partial charge in [0.2, 0.25) is 0 Å². The van der Waals surface area contributed by atoms with E-state index in [4.69, 9.17) is 4.74 Å². The molecule has 1 saturated carbocycles. The minimum Gasteiger partial charge on any atom is -0.392 e. The van der Waals surface area contributed by atoms with Crippen molar-refractivity contribution in [2.24, 2.45) is 5.41 Å². The zero-order chi connectivity index (χ0) is 16.7. The second-order valence-corrected chi connectivity index (χ2v) is 7.74. The number of piperidine rings is 1. The SMILES string of the molecule is CCOC1CC(O)C12CCN(C(=O)c1nc3ccccc3s1)CC2. The number of rotatable bonds is 3. The zero-order valence-corrected chi connectivity index (χ0v) is 14.6. The van der Waals surface area contributed by atoms with Gasteiger partial charge in [-0.1, -0.05) is 12.1 Å². The van der Waals surface area contributed by atoms with Crippen molar-refractivity contribution in [2.75, 3.05) is 19.7 Å². The quantitative estimate of drug-likeness (QED) is 0.928. The number of amides is 1. The lowest BCUT2D eigenvalue weighted by atomic mass is 9.58. The largest absolute Gasteiger partial charge is 0.392 e. The Balaban J connectivity index is 1.46. The Labute approximate surface area is 145 Å². The smallest absolute Gasteiger partial charge is 0.282 e. The molecule has 1 aliphatic heterocycles. The van der Waals surface area contributed by atoms with E-state index in [9.17, 15) is 9.90 Å². The minimum absolute atomic E-state index is 0.00724. The fraction of sp³-hybridized carbons (Fsp3) is 0.556. The van der Waals surface area contributed by atoms with E-state index in [-0.39, 0.29) is 23.5 Å². The summed E-state index contributed by atoms with van der Waals surface area (Å²) in [6.07, 6.45) is 2.16. The number of benzene rings is 1. The van der Waals surface area contributed by atoms with E-state index < -0.39 is 0 Å². The molecule has 0 radical (unpaired) electrons. The number of nitrogens with zero attached hydrogens (tertiary/aromatic N) is 2. The van der Waals surface area contributed by atoms with Gasteiger partial charge in [0, 0.05) is 31.5 Å². The molecule has 2 heterocycles. The van der Waals surface area contributed by atoms with E-state index >= 15 is 0 Å². The molecule has 2 aliphatic rings. The topological polar surface area (TPSA) is 62.7 Å². The van der Waals surface area contributed by atoms with Crippen LogP contribution in [0.25, 0.3) is 10.2 Å². The summed E-state index contributed by atoms with van der Waals surface area (Å²) < 4.78 is 6.83.